The molecule has 0 fully saturated rings. The molecule has 0 aliphatic heterocycles. The standard InChI is InChI=1S/C24H44/c1-2-4-6-8-10-12-14-16-18-20-22-24-23-21-19-17-15-13-11-9-7-5-3-1/h1-2,23-24H,3-22H2/b2-1+,24-23?. The monoisotopic (exact) mass is 332 g/mol. The summed E-state index contributed by atoms with van der Waals surface area (Å²) in [5.41, 5.74) is 0. The molecule has 1 aliphatic carbocycles. The summed E-state index contributed by atoms with van der Waals surface area (Å²) in [5.74, 6) is 0. The minimum absolute atomic E-state index is 1.31. The van der Waals surface area contributed by atoms with E-state index < -0.39 is 0 Å². The Bertz CT molecular complexity index is 228. The van der Waals surface area contributed by atoms with Gasteiger partial charge in [0.1, 0.15) is 0 Å². The number of hydrogen-bond acceptors (Lipinski definition) is 0. The molecule has 0 atom stereocenters. The Balaban J connectivity index is 2.09. The molecule has 0 aromatic rings. The van der Waals surface area contributed by atoms with E-state index in [0.717, 1.165) is 0 Å². The van der Waals surface area contributed by atoms with Crippen LogP contribution in [0.1, 0.15) is 128 Å². The fourth-order valence-electron chi connectivity index (χ4n) is 3.64. The first kappa shape index (κ1) is 21.5. The van der Waals surface area contributed by atoms with Crippen LogP contribution in [0.3, 0.4) is 0 Å². The zero-order valence-electron chi connectivity index (χ0n) is 16.5. The van der Waals surface area contributed by atoms with E-state index in [0.29, 0.717) is 0 Å². The Kier molecular flexibility index (Phi) is 16.9. The fraction of sp³-hybridized carbons (Fsp3) is 0.833. The molecule has 1 aliphatic rings. The van der Waals surface area contributed by atoms with Crippen LogP contribution in [-0.2, 0) is 0 Å². The minimum Gasteiger partial charge on any atom is -0.0885 e. The molecular weight excluding hydrogens is 288 g/mol. The Morgan fingerprint density at radius 1 is 0.208 bits per heavy atom. The van der Waals surface area contributed by atoms with Crippen LogP contribution >= 0.6 is 0 Å². The summed E-state index contributed by atoms with van der Waals surface area (Å²) in [6.45, 7) is 0. The maximum atomic E-state index is 2.44. The molecule has 0 nitrogen and oxygen atoms in total. The normalized spacial score (nSPS) is 24.0. The lowest BCUT2D eigenvalue weighted by Gasteiger charge is -2.02. The molecule has 24 heavy (non-hydrogen) atoms. The Labute approximate surface area is 153 Å². The van der Waals surface area contributed by atoms with Crippen LogP contribution < -0.4 is 0 Å². The molecule has 0 bridgehead atoms. The highest BCUT2D eigenvalue weighted by Gasteiger charge is 1.93. The molecule has 0 heteroatoms. The molecule has 0 spiro atoms. The number of allylic oxidation sites excluding steroid dienone is 4. The van der Waals surface area contributed by atoms with E-state index in [1.54, 1.807) is 0 Å². The second kappa shape index (κ2) is 18.8. The van der Waals surface area contributed by atoms with E-state index in [1.165, 1.54) is 128 Å². The van der Waals surface area contributed by atoms with Crippen LogP contribution in [0.25, 0.3) is 0 Å². The van der Waals surface area contributed by atoms with Crippen molar-refractivity contribution in [1.29, 1.82) is 0 Å². The van der Waals surface area contributed by atoms with Crippen molar-refractivity contribution in [1.82, 2.24) is 0 Å². The van der Waals surface area contributed by atoms with Crippen LogP contribution in [-0.4, -0.2) is 0 Å². The van der Waals surface area contributed by atoms with Gasteiger partial charge in [0.05, 0.1) is 0 Å². The summed E-state index contributed by atoms with van der Waals surface area (Å²) in [6.07, 6.45) is 38.0. The predicted octanol–water partition coefficient (Wildman–Crippen LogP) is 8.91. The van der Waals surface area contributed by atoms with E-state index in [9.17, 15) is 0 Å². The molecule has 0 aromatic carbocycles. The van der Waals surface area contributed by atoms with E-state index in [-0.39, 0.29) is 0 Å². The fourth-order valence-corrected chi connectivity index (χ4v) is 3.64. The van der Waals surface area contributed by atoms with Gasteiger partial charge in [-0.1, -0.05) is 101 Å². The highest BCUT2D eigenvalue weighted by molar-refractivity contribution is 4.82. The van der Waals surface area contributed by atoms with E-state index in [2.05, 4.69) is 24.3 Å². The van der Waals surface area contributed by atoms with Gasteiger partial charge in [0.15, 0.2) is 0 Å². The summed E-state index contributed by atoms with van der Waals surface area (Å²) in [5, 5.41) is 0. The molecule has 1 rings (SSSR count). The Morgan fingerprint density at radius 3 is 0.583 bits per heavy atom. The highest BCUT2D eigenvalue weighted by atomic mass is 14.0. The van der Waals surface area contributed by atoms with Crippen LogP contribution in [0.4, 0.5) is 0 Å². The molecule has 0 amide bonds. The zero-order chi connectivity index (χ0) is 17.0. The predicted molar refractivity (Wildman–Crippen MR) is 111 cm³/mol. The van der Waals surface area contributed by atoms with Gasteiger partial charge in [0.2, 0.25) is 0 Å². The summed E-state index contributed by atoms with van der Waals surface area (Å²) in [4.78, 5) is 0. The lowest BCUT2D eigenvalue weighted by Crippen LogP contribution is -1.82. The van der Waals surface area contributed by atoms with Crippen molar-refractivity contribution in [2.75, 3.05) is 0 Å². The van der Waals surface area contributed by atoms with Gasteiger partial charge >= 0.3 is 0 Å². The molecule has 0 heterocycles. The third kappa shape index (κ3) is 16.3. The van der Waals surface area contributed by atoms with Gasteiger partial charge in [0, 0.05) is 0 Å². The zero-order valence-corrected chi connectivity index (χ0v) is 16.5. The second-order valence-corrected chi connectivity index (χ2v) is 7.75. The van der Waals surface area contributed by atoms with E-state index in [1.807, 2.05) is 0 Å². The Morgan fingerprint density at radius 2 is 0.375 bits per heavy atom. The topological polar surface area (TPSA) is 0 Å². The quantitative estimate of drug-likeness (QED) is 0.388. The van der Waals surface area contributed by atoms with Crippen molar-refractivity contribution in [3.63, 3.8) is 0 Å². The first-order valence-corrected chi connectivity index (χ1v) is 11.3. The molecule has 0 radical (unpaired) electrons. The van der Waals surface area contributed by atoms with Crippen LogP contribution in [0.5, 0.6) is 0 Å². The van der Waals surface area contributed by atoms with Gasteiger partial charge in [-0.05, 0) is 51.4 Å². The highest BCUT2D eigenvalue weighted by Crippen LogP contribution is 2.13. The van der Waals surface area contributed by atoms with Crippen molar-refractivity contribution in [2.45, 2.75) is 128 Å². The van der Waals surface area contributed by atoms with Gasteiger partial charge in [-0.2, -0.15) is 0 Å². The second-order valence-electron chi connectivity index (χ2n) is 7.75. The molecule has 140 valence electrons. The lowest BCUT2D eigenvalue weighted by atomic mass is 10.0. The van der Waals surface area contributed by atoms with Gasteiger partial charge in [0.25, 0.3) is 0 Å². The first-order valence-electron chi connectivity index (χ1n) is 11.3. The molecule has 0 unspecified atom stereocenters. The van der Waals surface area contributed by atoms with Crippen molar-refractivity contribution < 1.29 is 0 Å². The van der Waals surface area contributed by atoms with Gasteiger partial charge < -0.3 is 0 Å². The molecule has 0 saturated carbocycles. The molecule has 0 aromatic heterocycles. The van der Waals surface area contributed by atoms with Crippen molar-refractivity contribution >= 4 is 0 Å². The van der Waals surface area contributed by atoms with Crippen LogP contribution in [0.15, 0.2) is 24.3 Å². The average Bonchev–Trinajstić information content (AvgIpc) is 2.59. The smallest absolute Gasteiger partial charge is 0.0351 e. The van der Waals surface area contributed by atoms with E-state index in [4.69, 9.17) is 0 Å². The third-order valence-electron chi connectivity index (χ3n) is 5.32. The summed E-state index contributed by atoms with van der Waals surface area (Å²) in [7, 11) is 0. The Hall–Kier alpha value is -0.520. The largest absolute Gasteiger partial charge is 0.0885 e. The summed E-state index contributed by atoms with van der Waals surface area (Å²) >= 11 is 0. The maximum absolute atomic E-state index is 2.44. The lowest BCUT2D eigenvalue weighted by molar-refractivity contribution is 0.566. The maximum Gasteiger partial charge on any atom is -0.0351 e. The van der Waals surface area contributed by atoms with Gasteiger partial charge in [-0.25, -0.2) is 0 Å². The molecule has 0 N–H and O–H groups in total. The van der Waals surface area contributed by atoms with Gasteiger partial charge in [-0.3, -0.25) is 0 Å². The summed E-state index contributed by atoms with van der Waals surface area (Å²) in [6, 6.07) is 0. The molecular formula is C24H44. The molecule has 0 saturated heterocycles. The van der Waals surface area contributed by atoms with Crippen LogP contribution in [0.2, 0.25) is 0 Å². The van der Waals surface area contributed by atoms with E-state index >= 15 is 0 Å². The third-order valence-corrected chi connectivity index (χ3v) is 5.32. The SMILES string of the molecule is C1=CCCCCCCCCCC/C=C/CCCCCCCCCC1. The van der Waals surface area contributed by atoms with Crippen molar-refractivity contribution in [2.24, 2.45) is 0 Å². The summed E-state index contributed by atoms with van der Waals surface area (Å²) < 4.78 is 0. The van der Waals surface area contributed by atoms with Crippen molar-refractivity contribution in [3.8, 4) is 0 Å². The number of hydrogen-bond donors (Lipinski definition) is 0. The van der Waals surface area contributed by atoms with Crippen LogP contribution in [0, 0.1) is 0 Å². The van der Waals surface area contributed by atoms with Crippen molar-refractivity contribution in [3.05, 3.63) is 24.3 Å². The number of rotatable bonds is 0. The first-order chi connectivity index (χ1) is 12.0. The average molecular weight is 333 g/mol. The minimum atomic E-state index is 1.31. The van der Waals surface area contributed by atoms with Gasteiger partial charge in [-0.15, -0.1) is 0 Å².